The van der Waals surface area contributed by atoms with Crippen molar-refractivity contribution in [2.45, 2.75) is 37.0 Å². The molecule has 2 fully saturated rings. The second-order valence-corrected chi connectivity index (χ2v) is 5.50. The van der Waals surface area contributed by atoms with Gasteiger partial charge < -0.3 is 4.74 Å². The van der Waals surface area contributed by atoms with E-state index in [1.807, 2.05) is 42.1 Å². The molecule has 0 bridgehead atoms. The highest BCUT2D eigenvalue weighted by Gasteiger charge is 2.35. The summed E-state index contributed by atoms with van der Waals surface area (Å²) in [5.41, 5.74) is 0.989. The molecule has 2 atom stereocenters. The number of ether oxygens (including phenoxy) is 1. The number of rotatable bonds is 1. The molecule has 1 aliphatic carbocycles. The maximum absolute atomic E-state index is 5.88. The second-order valence-electron chi connectivity index (χ2n) is 4.31. The second kappa shape index (κ2) is 4.50. The molecule has 16 heavy (non-hydrogen) atoms. The Hall–Kier alpha value is -0.960. The summed E-state index contributed by atoms with van der Waals surface area (Å²) >= 11 is 1.82. The predicted molar refractivity (Wildman–Crippen MR) is 68.3 cm³/mol. The molecule has 1 aromatic rings. The number of hydrogen-bond acceptors (Lipinski definition) is 3. The van der Waals surface area contributed by atoms with E-state index in [4.69, 9.17) is 4.74 Å². The van der Waals surface area contributed by atoms with Crippen LogP contribution in [0.3, 0.4) is 0 Å². The van der Waals surface area contributed by atoms with Gasteiger partial charge in [0.25, 0.3) is 5.23 Å². The van der Waals surface area contributed by atoms with Crippen molar-refractivity contribution in [2.75, 3.05) is 0 Å². The first kappa shape index (κ1) is 10.2. The Bertz CT molecular complexity index is 374. The van der Waals surface area contributed by atoms with Gasteiger partial charge in [0.15, 0.2) is 0 Å². The van der Waals surface area contributed by atoms with Crippen LogP contribution >= 0.6 is 11.8 Å². The summed E-state index contributed by atoms with van der Waals surface area (Å²) in [6.45, 7) is 0. The molecule has 1 heterocycles. The molecule has 2 aliphatic rings. The maximum Gasteiger partial charge on any atom is 0.251 e. The van der Waals surface area contributed by atoms with Crippen LogP contribution in [-0.4, -0.2) is 16.6 Å². The third-order valence-electron chi connectivity index (χ3n) is 3.12. The van der Waals surface area contributed by atoms with Crippen LogP contribution in [0, 0.1) is 0 Å². The Labute approximate surface area is 100 Å². The van der Waals surface area contributed by atoms with Gasteiger partial charge in [-0.25, -0.2) is 4.99 Å². The normalized spacial score (nSPS) is 31.1. The molecular formula is C13H15NOS. The van der Waals surface area contributed by atoms with Gasteiger partial charge in [0, 0.05) is 0 Å². The fourth-order valence-electron chi connectivity index (χ4n) is 2.28. The number of fused-ring (bicyclic) bond motifs is 1. The van der Waals surface area contributed by atoms with E-state index in [1.54, 1.807) is 0 Å². The summed E-state index contributed by atoms with van der Waals surface area (Å²) in [5, 5.41) is 1.51. The third-order valence-corrected chi connectivity index (χ3v) is 4.35. The molecule has 1 aromatic carbocycles. The first-order chi connectivity index (χ1) is 7.92. The number of hydrogen-bond donors (Lipinski definition) is 0. The number of benzene rings is 1. The Morgan fingerprint density at radius 1 is 1.12 bits per heavy atom. The van der Waals surface area contributed by atoms with Gasteiger partial charge in [-0.1, -0.05) is 36.4 Å². The van der Waals surface area contributed by atoms with Gasteiger partial charge >= 0.3 is 0 Å². The highest BCUT2D eigenvalue weighted by Crippen LogP contribution is 2.38. The first-order valence-electron chi connectivity index (χ1n) is 5.89. The summed E-state index contributed by atoms with van der Waals surface area (Å²) in [5.74, 6) is 0. The van der Waals surface area contributed by atoms with E-state index in [1.165, 1.54) is 25.7 Å². The van der Waals surface area contributed by atoms with Crippen molar-refractivity contribution in [1.29, 1.82) is 0 Å². The molecule has 3 rings (SSSR count). The van der Waals surface area contributed by atoms with Crippen LogP contribution in [0.1, 0.15) is 25.7 Å². The molecule has 0 spiro atoms. The third kappa shape index (κ3) is 2.09. The summed E-state index contributed by atoms with van der Waals surface area (Å²) < 4.78 is 5.88. The van der Waals surface area contributed by atoms with Gasteiger partial charge in [0.2, 0.25) is 0 Å². The fraction of sp³-hybridized carbons (Fsp3) is 0.462. The number of aliphatic imine (C=N–C) groups is 1. The molecule has 1 saturated carbocycles. The minimum Gasteiger partial charge on any atom is -0.468 e. The molecule has 0 N–H and O–H groups in total. The lowest BCUT2D eigenvalue weighted by Crippen LogP contribution is -2.23. The van der Waals surface area contributed by atoms with E-state index in [9.17, 15) is 0 Å². The number of nitrogens with zero attached hydrogens (tertiary/aromatic N) is 1. The first-order valence-corrected chi connectivity index (χ1v) is 6.77. The molecule has 2 nitrogen and oxygen atoms in total. The Morgan fingerprint density at radius 2 is 1.94 bits per heavy atom. The largest absolute Gasteiger partial charge is 0.468 e. The lowest BCUT2D eigenvalue weighted by molar-refractivity contribution is 0.167. The number of para-hydroxylation sites is 1. The summed E-state index contributed by atoms with van der Waals surface area (Å²) in [7, 11) is 0. The lowest BCUT2D eigenvalue weighted by Gasteiger charge is -2.21. The molecule has 2 unspecified atom stereocenters. The monoisotopic (exact) mass is 233 g/mol. The smallest absolute Gasteiger partial charge is 0.251 e. The topological polar surface area (TPSA) is 21.6 Å². The van der Waals surface area contributed by atoms with Gasteiger partial charge in [-0.15, -0.1) is 0 Å². The molecule has 1 saturated heterocycles. The van der Waals surface area contributed by atoms with Crippen LogP contribution in [0.2, 0.25) is 0 Å². The van der Waals surface area contributed by atoms with E-state index in [2.05, 4.69) is 4.99 Å². The van der Waals surface area contributed by atoms with E-state index < -0.39 is 0 Å². The van der Waals surface area contributed by atoms with Crippen molar-refractivity contribution in [3.63, 3.8) is 0 Å². The molecular weight excluding hydrogens is 218 g/mol. The fourth-order valence-corrected chi connectivity index (χ4v) is 3.50. The van der Waals surface area contributed by atoms with Gasteiger partial charge in [0.05, 0.1) is 10.9 Å². The zero-order valence-corrected chi connectivity index (χ0v) is 9.95. The average molecular weight is 233 g/mol. The summed E-state index contributed by atoms with van der Waals surface area (Å²) in [6.07, 6.45) is 5.55. The van der Waals surface area contributed by atoms with Crippen LogP contribution < -0.4 is 0 Å². The van der Waals surface area contributed by atoms with Crippen LogP contribution in [0.4, 0.5) is 5.69 Å². The van der Waals surface area contributed by atoms with Crippen LogP contribution in [0.25, 0.3) is 0 Å². The molecule has 1 aliphatic heterocycles. The Kier molecular flexibility index (Phi) is 2.87. The highest BCUT2D eigenvalue weighted by molar-refractivity contribution is 8.14. The van der Waals surface area contributed by atoms with E-state index in [0.29, 0.717) is 11.4 Å². The van der Waals surface area contributed by atoms with E-state index in [0.717, 1.165) is 10.9 Å². The Morgan fingerprint density at radius 3 is 2.75 bits per heavy atom. The van der Waals surface area contributed by atoms with Crippen molar-refractivity contribution in [3.05, 3.63) is 30.3 Å². The van der Waals surface area contributed by atoms with Crippen molar-refractivity contribution in [2.24, 2.45) is 4.99 Å². The van der Waals surface area contributed by atoms with Crippen LogP contribution in [-0.2, 0) is 4.74 Å². The van der Waals surface area contributed by atoms with Crippen LogP contribution in [0.5, 0.6) is 0 Å². The van der Waals surface area contributed by atoms with Crippen molar-refractivity contribution in [1.82, 2.24) is 0 Å². The van der Waals surface area contributed by atoms with Crippen molar-refractivity contribution >= 4 is 22.7 Å². The van der Waals surface area contributed by atoms with Gasteiger partial charge in [0.1, 0.15) is 6.10 Å². The molecule has 0 aromatic heterocycles. The standard InChI is InChI=1S/C13H15NOS/c1-2-6-10(7-3-1)14-13-15-11-8-4-5-9-12(11)16-13/h1-3,6-7,11-12H,4-5,8-9H2. The average Bonchev–Trinajstić information content (AvgIpc) is 2.72. The molecule has 84 valence electrons. The quantitative estimate of drug-likeness (QED) is 0.736. The molecule has 3 heteroatoms. The van der Waals surface area contributed by atoms with Gasteiger partial charge in [-0.3, -0.25) is 0 Å². The maximum atomic E-state index is 5.88. The predicted octanol–water partition coefficient (Wildman–Crippen LogP) is 3.75. The minimum atomic E-state index is 0.418. The van der Waals surface area contributed by atoms with E-state index >= 15 is 0 Å². The zero-order chi connectivity index (χ0) is 10.8. The lowest BCUT2D eigenvalue weighted by atomic mass is 9.97. The van der Waals surface area contributed by atoms with Crippen molar-refractivity contribution < 1.29 is 4.74 Å². The van der Waals surface area contributed by atoms with Gasteiger partial charge in [-0.05, 0) is 31.4 Å². The van der Waals surface area contributed by atoms with Crippen molar-refractivity contribution in [3.8, 4) is 0 Å². The van der Waals surface area contributed by atoms with Crippen LogP contribution in [0.15, 0.2) is 35.3 Å². The SMILES string of the molecule is c1ccc(N=C2OC3CCCCC3S2)cc1. The summed E-state index contributed by atoms with van der Waals surface area (Å²) in [6, 6.07) is 10.0. The molecule has 0 amide bonds. The van der Waals surface area contributed by atoms with E-state index in [-0.39, 0.29) is 0 Å². The summed E-state index contributed by atoms with van der Waals surface area (Å²) in [4.78, 5) is 4.54. The van der Waals surface area contributed by atoms with Gasteiger partial charge in [-0.2, -0.15) is 0 Å². The minimum absolute atomic E-state index is 0.418. The Balaban J connectivity index is 1.75. The molecule has 0 radical (unpaired) electrons. The highest BCUT2D eigenvalue weighted by atomic mass is 32.2. The zero-order valence-electron chi connectivity index (χ0n) is 9.13. The number of thioether (sulfide) groups is 1.